The van der Waals surface area contributed by atoms with E-state index >= 15 is 8.78 Å². The zero-order valence-electron chi connectivity index (χ0n) is 19.1. The zero-order chi connectivity index (χ0) is 25.0. The summed E-state index contributed by atoms with van der Waals surface area (Å²) in [5.74, 6) is -1.21. The van der Waals surface area contributed by atoms with Crippen LogP contribution in [0.1, 0.15) is 18.5 Å². The molecule has 178 valence electrons. The second-order valence-electron chi connectivity index (χ2n) is 8.33. The Morgan fingerprint density at radius 3 is 2.67 bits per heavy atom. The van der Waals surface area contributed by atoms with Gasteiger partial charge in [0.05, 0.1) is 29.6 Å². The SMILES string of the molecule is CC(c1c(F)cc2ncc(-c3cnn(C)c3)cc2c1F)n1nnc2ncc(-c3cccnc3N)nc21. The molecule has 0 spiro atoms. The van der Waals surface area contributed by atoms with Gasteiger partial charge >= 0.3 is 0 Å². The number of aryl methyl sites for hydroxylation is 1. The molecule has 0 aliphatic heterocycles. The molecule has 12 heteroatoms. The summed E-state index contributed by atoms with van der Waals surface area (Å²) in [6.45, 7) is 1.62. The third-order valence-electron chi connectivity index (χ3n) is 6.04. The van der Waals surface area contributed by atoms with E-state index in [0.717, 1.165) is 5.56 Å². The Hall–Kier alpha value is -4.87. The number of nitrogens with two attached hydrogens (primary N) is 1. The van der Waals surface area contributed by atoms with Crippen molar-refractivity contribution in [2.24, 2.45) is 7.05 Å². The van der Waals surface area contributed by atoms with Crippen LogP contribution in [0.2, 0.25) is 0 Å². The molecule has 1 unspecified atom stereocenters. The highest BCUT2D eigenvalue weighted by Crippen LogP contribution is 2.33. The number of benzene rings is 1. The summed E-state index contributed by atoms with van der Waals surface area (Å²) < 4.78 is 34.1. The van der Waals surface area contributed by atoms with Crippen LogP contribution in [-0.2, 0) is 7.05 Å². The summed E-state index contributed by atoms with van der Waals surface area (Å²) in [5, 5.41) is 12.4. The minimum atomic E-state index is -0.891. The molecule has 0 saturated heterocycles. The van der Waals surface area contributed by atoms with Gasteiger partial charge in [-0.1, -0.05) is 5.21 Å². The molecule has 0 bridgehead atoms. The molecule has 1 aromatic carbocycles. The molecule has 5 heterocycles. The molecular formula is C24H18F2N10. The van der Waals surface area contributed by atoms with E-state index in [2.05, 4.69) is 35.3 Å². The standard InChI is InChI=1S/C24H18F2N10/c1-12(36-24-23(33-34-36)30-10-19(32-24)15-4-3-5-28-22(15)27)20-17(25)7-18-16(21(20)26)6-13(8-29-18)14-9-31-35(2)11-14/h3-12H,1-2H3,(H2,27,28). The monoisotopic (exact) mass is 484 g/mol. The first-order valence-electron chi connectivity index (χ1n) is 11.0. The molecule has 0 amide bonds. The predicted octanol–water partition coefficient (Wildman–Crippen LogP) is 3.70. The highest BCUT2D eigenvalue weighted by Gasteiger charge is 2.25. The number of hydrogen-bond acceptors (Lipinski definition) is 8. The average molecular weight is 484 g/mol. The van der Waals surface area contributed by atoms with Crippen molar-refractivity contribution in [3.63, 3.8) is 0 Å². The first-order valence-corrected chi connectivity index (χ1v) is 11.0. The van der Waals surface area contributed by atoms with Crippen molar-refractivity contribution in [3.05, 3.63) is 72.4 Å². The van der Waals surface area contributed by atoms with Crippen molar-refractivity contribution >= 4 is 28.0 Å². The Labute approximate surface area is 202 Å². The van der Waals surface area contributed by atoms with Gasteiger partial charge < -0.3 is 5.73 Å². The number of rotatable bonds is 4. The second-order valence-corrected chi connectivity index (χ2v) is 8.33. The van der Waals surface area contributed by atoms with Crippen molar-refractivity contribution in [3.8, 4) is 22.4 Å². The van der Waals surface area contributed by atoms with Crippen LogP contribution in [0.25, 0.3) is 44.6 Å². The number of anilines is 1. The van der Waals surface area contributed by atoms with Crippen LogP contribution in [0.5, 0.6) is 0 Å². The van der Waals surface area contributed by atoms with Crippen LogP contribution >= 0.6 is 0 Å². The zero-order valence-corrected chi connectivity index (χ0v) is 19.1. The lowest BCUT2D eigenvalue weighted by Crippen LogP contribution is -2.14. The molecule has 0 saturated carbocycles. The van der Waals surface area contributed by atoms with E-state index < -0.39 is 17.7 Å². The smallest absolute Gasteiger partial charge is 0.221 e. The molecule has 10 nitrogen and oxygen atoms in total. The fourth-order valence-corrected chi connectivity index (χ4v) is 4.20. The number of aromatic nitrogens is 9. The fourth-order valence-electron chi connectivity index (χ4n) is 4.20. The summed E-state index contributed by atoms with van der Waals surface area (Å²) in [4.78, 5) is 17.2. The highest BCUT2D eigenvalue weighted by atomic mass is 19.1. The maximum Gasteiger partial charge on any atom is 0.221 e. The average Bonchev–Trinajstić information content (AvgIpc) is 3.50. The van der Waals surface area contributed by atoms with Crippen molar-refractivity contribution in [2.45, 2.75) is 13.0 Å². The Morgan fingerprint density at radius 2 is 1.89 bits per heavy atom. The van der Waals surface area contributed by atoms with Gasteiger partial charge in [-0.3, -0.25) is 9.67 Å². The summed E-state index contributed by atoms with van der Waals surface area (Å²) in [6.07, 6.45) is 8.08. The van der Waals surface area contributed by atoms with Crippen LogP contribution in [-0.4, -0.2) is 44.7 Å². The summed E-state index contributed by atoms with van der Waals surface area (Å²) in [7, 11) is 1.78. The molecule has 6 aromatic rings. The third-order valence-corrected chi connectivity index (χ3v) is 6.04. The van der Waals surface area contributed by atoms with E-state index in [-0.39, 0.29) is 33.6 Å². The Morgan fingerprint density at radius 1 is 1.03 bits per heavy atom. The number of halogens is 2. The van der Waals surface area contributed by atoms with Gasteiger partial charge in [-0.25, -0.2) is 28.4 Å². The Bertz CT molecular complexity index is 1770. The number of nitrogens with zero attached hydrogens (tertiary/aromatic N) is 9. The van der Waals surface area contributed by atoms with Gasteiger partial charge in [0.25, 0.3) is 0 Å². The lowest BCUT2D eigenvalue weighted by molar-refractivity contribution is 0.484. The number of pyridine rings is 2. The topological polar surface area (TPSA) is 126 Å². The van der Waals surface area contributed by atoms with Gasteiger partial charge in [0.2, 0.25) is 5.65 Å². The molecule has 0 fully saturated rings. The number of nitrogen functional groups attached to an aromatic ring is 1. The first-order chi connectivity index (χ1) is 17.4. The van der Waals surface area contributed by atoms with Crippen molar-refractivity contribution in [2.75, 3.05) is 5.73 Å². The van der Waals surface area contributed by atoms with Crippen LogP contribution in [0, 0.1) is 11.6 Å². The van der Waals surface area contributed by atoms with Gasteiger partial charge in [-0.2, -0.15) is 5.10 Å². The normalized spacial score (nSPS) is 12.4. The van der Waals surface area contributed by atoms with E-state index in [0.29, 0.717) is 16.8 Å². The first kappa shape index (κ1) is 21.6. The lowest BCUT2D eigenvalue weighted by Gasteiger charge is -2.16. The van der Waals surface area contributed by atoms with E-state index in [1.54, 1.807) is 61.6 Å². The summed E-state index contributed by atoms with van der Waals surface area (Å²) >= 11 is 0. The molecule has 5 aromatic heterocycles. The summed E-state index contributed by atoms with van der Waals surface area (Å²) in [5.41, 5.74) is 8.92. The van der Waals surface area contributed by atoms with Gasteiger partial charge in [0, 0.05) is 59.3 Å². The quantitative estimate of drug-likeness (QED) is 0.401. The third kappa shape index (κ3) is 3.42. The predicted molar refractivity (Wildman–Crippen MR) is 128 cm³/mol. The van der Waals surface area contributed by atoms with Crippen LogP contribution in [0.3, 0.4) is 0 Å². The van der Waals surface area contributed by atoms with E-state index in [9.17, 15) is 0 Å². The molecule has 0 aliphatic carbocycles. The molecule has 1 atom stereocenters. The second kappa shape index (κ2) is 8.12. The van der Waals surface area contributed by atoms with Gasteiger partial charge in [-0.05, 0) is 25.1 Å². The van der Waals surface area contributed by atoms with Crippen molar-refractivity contribution in [1.29, 1.82) is 0 Å². The molecule has 0 aliphatic rings. The Balaban J connectivity index is 1.48. The fraction of sp³-hybridized carbons (Fsp3) is 0.125. The highest BCUT2D eigenvalue weighted by molar-refractivity contribution is 5.85. The largest absolute Gasteiger partial charge is 0.383 e. The van der Waals surface area contributed by atoms with Crippen molar-refractivity contribution in [1.82, 2.24) is 44.7 Å². The molecule has 0 radical (unpaired) electrons. The summed E-state index contributed by atoms with van der Waals surface area (Å²) in [6, 6.07) is 5.43. The van der Waals surface area contributed by atoms with E-state index in [4.69, 9.17) is 5.73 Å². The van der Waals surface area contributed by atoms with Crippen LogP contribution in [0.15, 0.2) is 55.2 Å². The van der Waals surface area contributed by atoms with Crippen molar-refractivity contribution < 1.29 is 8.78 Å². The molecule has 36 heavy (non-hydrogen) atoms. The number of fused-ring (bicyclic) bond motifs is 2. The maximum absolute atomic E-state index is 15.8. The minimum Gasteiger partial charge on any atom is -0.383 e. The van der Waals surface area contributed by atoms with Gasteiger partial charge in [0.1, 0.15) is 17.5 Å². The molecular weight excluding hydrogens is 466 g/mol. The number of hydrogen-bond donors (Lipinski definition) is 1. The molecule has 6 rings (SSSR count). The van der Waals surface area contributed by atoms with E-state index in [1.807, 2.05) is 0 Å². The van der Waals surface area contributed by atoms with Crippen LogP contribution in [0.4, 0.5) is 14.6 Å². The lowest BCUT2D eigenvalue weighted by atomic mass is 10.0. The molecule has 2 N–H and O–H groups in total. The van der Waals surface area contributed by atoms with Crippen LogP contribution < -0.4 is 5.73 Å². The minimum absolute atomic E-state index is 0.180. The Kier molecular flexibility index (Phi) is 4.88. The van der Waals surface area contributed by atoms with Gasteiger partial charge in [0.15, 0.2) is 5.65 Å². The van der Waals surface area contributed by atoms with E-state index in [1.165, 1.54) is 16.9 Å². The maximum atomic E-state index is 15.8. The van der Waals surface area contributed by atoms with Gasteiger partial charge in [-0.15, -0.1) is 5.10 Å².